The van der Waals surface area contributed by atoms with Crippen molar-refractivity contribution in [3.05, 3.63) is 54.6 Å². The van der Waals surface area contributed by atoms with Crippen LogP contribution in [0.4, 0.5) is 5.69 Å². The van der Waals surface area contributed by atoms with E-state index >= 15 is 0 Å². The first kappa shape index (κ1) is 17.8. The maximum Gasteiger partial charge on any atom is 0.297 e. The molecular formula is C18H17N3O4S. The highest BCUT2D eigenvalue weighted by molar-refractivity contribution is 7.99. The number of benzene rings is 2. The second-order valence-electron chi connectivity index (χ2n) is 5.29. The van der Waals surface area contributed by atoms with Gasteiger partial charge in [-0.3, -0.25) is 4.79 Å². The third-order valence-electron chi connectivity index (χ3n) is 3.51. The van der Waals surface area contributed by atoms with Gasteiger partial charge in [-0.2, -0.15) is 0 Å². The lowest BCUT2D eigenvalue weighted by Gasteiger charge is -2.05. The molecule has 3 aromatic rings. The fraction of sp³-hybridized carbons (Fsp3) is 0.167. The summed E-state index contributed by atoms with van der Waals surface area (Å²) in [4.78, 5) is 12.1. The van der Waals surface area contributed by atoms with E-state index in [4.69, 9.17) is 9.26 Å². The van der Waals surface area contributed by atoms with Gasteiger partial charge in [-0.25, -0.2) is 0 Å². The van der Waals surface area contributed by atoms with Crippen molar-refractivity contribution in [1.29, 1.82) is 0 Å². The van der Waals surface area contributed by atoms with Crippen molar-refractivity contribution in [3.63, 3.8) is 0 Å². The van der Waals surface area contributed by atoms with Gasteiger partial charge in [-0.1, -0.05) is 30.0 Å². The number of hydrogen-bond acceptors (Lipinski definition) is 6. The lowest BCUT2D eigenvalue weighted by Crippen LogP contribution is -2.34. The van der Waals surface area contributed by atoms with Crippen LogP contribution < -0.4 is 19.8 Å². The Kier molecular flexibility index (Phi) is 5.75. The van der Waals surface area contributed by atoms with Crippen LogP contribution in [-0.4, -0.2) is 24.0 Å². The average Bonchev–Trinajstić information content (AvgIpc) is 3.04. The number of para-hydroxylation sites is 1. The number of carbonyl (C=O) groups excluding carboxylic acids is 1. The number of nitrogens with zero attached hydrogens (tertiary/aromatic N) is 2. The third-order valence-corrected chi connectivity index (χ3v) is 4.54. The van der Waals surface area contributed by atoms with Crippen LogP contribution in [0.5, 0.6) is 11.7 Å². The third kappa shape index (κ3) is 4.34. The molecule has 3 rings (SSSR count). The molecule has 0 fully saturated rings. The van der Waals surface area contributed by atoms with E-state index in [1.54, 1.807) is 31.4 Å². The van der Waals surface area contributed by atoms with Gasteiger partial charge in [0, 0.05) is 30.0 Å². The SMILES string of the molecule is COc1ccc(NC(=O)CCSc2c([O-])on[n+]2-c2ccccc2)cc1. The summed E-state index contributed by atoms with van der Waals surface area (Å²) in [5.74, 6) is 0.484. The Balaban J connectivity index is 1.56. The number of amides is 1. The fourth-order valence-electron chi connectivity index (χ4n) is 2.23. The molecule has 26 heavy (non-hydrogen) atoms. The van der Waals surface area contributed by atoms with E-state index in [9.17, 15) is 9.90 Å². The smallest absolute Gasteiger partial charge is 0.297 e. The van der Waals surface area contributed by atoms with Crippen LogP contribution in [0.2, 0.25) is 0 Å². The lowest BCUT2D eigenvalue weighted by atomic mass is 10.3. The molecular weight excluding hydrogens is 354 g/mol. The number of methoxy groups -OCH3 is 1. The molecule has 1 amide bonds. The normalized spacial score (nSPS) is 10.5. The van der Waals surface area contributed by atoms with Gasteiger partial charge in [0.15, 0.2) is 5.95 Å². The summed E-state index contributed by atoms with van der Waals surface area (Å²) in [5.41, 5.74) is 1.41. The molecule has 1 N–H and O–H groups in total. The van der Waals surface area contributed by atoms with Gasteiger partial charge in [0.25, 0.3) is 5.03 Å². The van der Waals surface area contributed by atoms with E-state index < -0.39 is 5.95 Å². The maximum atomic E-state index is 12.1. The summed E-state index contributed by atoms with van der Waals surface area (Å²) < 4.78 is 11.3. The van der Waals surface area contributed by atoms with Crippen molar-refractivity contribution in [3.8, 4) is 17.4 Å². The van der Waals surface area contributed by atoms with Crippen molar-refractivity contribution in [2.24, 2.45) is 0 Å². The molecule has 1 heterocycles. The molecule has 1 aromatic heterocycles. The van der Waals surface area contributed by atoms with Crippen molar-refractivity contribution < 1.29 is 23.8 Å². The fourth-order valence-corrected chi connectivity index (χ4v) is 3.13. The molecule has 0 radical (unpaired) electrons. The van der Waals surface area contributed by atoms with Gasteiger partial charge in [0.05, 0.1) is 12.4 Å². The van der Waals surface area contributed by atoms with Crippen LogP contribution in [0, 0.1) is 0 Å². The number of aromatic nitrogens is 2. The molecule has 0 spiro atoms. The van der Waals surface area contributed by atoms with Gasteiger partial charge < -0.3 is 19.7 Å². The molecule has 0 saturated heterocycles. The second-order valence-corrected chi connectivity index (χ2v) is 6.37. The molecule has 134 valence electrons. The molecule has 0 bridgehead atoms. The largest absolute Gasteiger partial charge is 0.538 e. The number of nitrogens with one attached hydrogen (secondary N) is 1. The van der Waals surface area contributed by atoms with Crippen molar-refractivity contribution in [1.82, 2.24) is 5.27 Å². The highest BCUT2D eigenvalue weighted by Gasteiger charge is 2.20. The Hall–Kier alpha value is -3.00. The molecule has 0 aliphatic heterocycles. The topological polar surface area (TPSA) is 91.3 Å². The van der Waals surface area contributed by atoms with Crippen molar-refractivity contribution in [2.75, 3.05) is 18.2 Å². The summed E-state index contributed by atoms with van der Waals surface area (Å²) in [6.07, 6.45) is 0.246. The first-order valence-corrected chi connectivity index (χ1v) is 8.87. The zero-order valence-electron chi connectivity index (χ0n) is 14.0. The van der Waals surface area contributed by atoms with Crippen LogP contribution >= 0.6 is 11.8 Å². The number of carbonyl (C=O) groups is 1. The number of hydrogen-bond donors (Lipinski definition) is 1. The Morgan fingerprint density at radius 1 is 1.23 bits per heavy atom. The standard InChI is InChI=1S/C18H17N3O4S/c1-24-15-9-7-13(8-10-15)19-16(22)11-12-26-17-18(23)25-20-21(17)14-5-3-2-4-6-14/h2-10H,11-12H2,1H3,(H-,19,20,22,23). The van der Waals surface area contributed by atoms with E-state index in [1.165, 1.54) is 16.4 Å². The Morgan fingerprint density at radius 3 is 2.65 bits per heavy atom. The maximum absolute atomic E-state index is 12.1. The summed E-state index contributed by atoms with van der Waals surface area (Å²) in [5, 5.41) is 18.8. The molecule has 0 saturated carbocycles. The zero-order chi connectivity index (χ0) is 18.4. The van der Waals surface area contributed by atoms with Crippen LogP contribution in [-0.2, 0) is 4.79 Å². The van der Waals surface area contributed by atoms with Gasteiger partial charge >= 0.3 is 0 Å². The second kappa shape index (κ2) is 8.39. The Bertz CT molecular complexity index is 866. The van der Waals surface area contributed by atoms with E-state index in [2.05, 4.69) is 10.6 Å². The highest BCUT2D eigenvalue weighted by atomic mass is 32.2. The summed E-state index contributed by atoms with van der Waals surface area (Å²) in [6, 6.07) is 16.3. The predicted molar refractivity (Wildman–Crippen MR) is 94.4 cm³/mol. The minimum atomic E-state index is -0.519. The van der Waals surface area contributed by atoms with E-state index in [1.807, 2.05) is 30.3 Å². The number of anilines is 1. The molecule has 8 heteroatoms. The van der Waals surface area contributed by atoms with Gasteiger partial charge in [-0.05, 0) is 28.9 Å². The summed E-state index contributed by atoms with van der Waals surface area (Å²) in [7, 11) is 1.58. The lowest BCUT2D eigenvalue weighted by molar-refractivity contribution is -0.705. The number of ether oxygens (including phenoxy) is 1. The predicted octanol–water partition coefficient (Wildman–Crippen LogP) is 2.15. The number of thioether (sulfide) groups is 1. The molecule has 0 atom stereocenters. The summed E-state index contributed by atoms with van der Waals surface area (Å²) >= 11 is 1.23. The van der Waals surface area contributed by atoms with E-state index in [0.29, 0.717) is 16.5 Å². The van der Waals surface area contributed by atoms with Crippen LogP contribution in [0.25, 0.3) is 5.69 Å². The molecule has 0 aliphatic carbocycles. The molecule has 7 nitrogen and oxygen atoms in total. The highest BCUT2D eigenvalue weighted by Crippen LogP contribution is 2.24. The minimum absolute atomic E-state index is 0.141. The first-order chi connectivity index (χ1) is 12.7. The zero-order valence-corrected chi connectivity index (χ0v) is 14.9. The molecule has 2 aromatic carbocycles. The van der Waals surface area contributed by atoms with Crippen LogP contribution in [0.15, 0.2) is 64.1 Å². The first-order valence-electron chi connectivity index (χ1n) is 7.88. The van der Waals surface area contributed by atoms with E-state index in [-0.39, 0.29) is 12.3 Å². The van der Waals surface area contributed by atoms with Crippen LogP contribution in [0.1, 0.15) is 6.42 Å². The Labute approximate surface area is 154 Å². The minimum Gasteiger partial charge on any atom is -0.538 e. The Morgan fingerprint density at radius 2 is 1.96 bits per heavy atom. The molecule has 0 aliphatic rings. The molecule has 0 unspecified atom stereocenters. The average molecular weight is 371 g/mol. The number of rotatable bonds is 7. The van der Waals surface area contributed by atoms with Crippen LogP contribution in [0.3, 0.4) is 0 Å². The van der Waals surface area contributed by atoms with Gasteiger partial charge in [0.2, 0.25) is 11.6 Å². The monoisotopic (exact) mass is 371 g/mol. The van der Waals surface area contributed by atoms with Crippen molar-refractivity contribution >= 4 is 23.4 Å². The van der Waals surface area contributed by atoms with E-state index in [0.717, 1.165) is 11.4 Å². The van der Waals surface area contributed by atoms with Gasteiger partial charge in [0.1, 0.15) is 5.75 Å². The van der Waals surface area contributed by atoms with Gasteiger partial charge in [-0.15, -0.1) is 0 Å². The quantitative estimate of drug-likeness (QED) is 0.505. The summed E-state index contributed by atoms with van der Waals surface area (Å²) in [6.45, 7) is 0. The van der Waals surface area contributed by atoms with Crippen molar-refractivity contribution in [2.45, 2.75) is 11.4 Å².